The van der Waals surface area contributed by atoms with E-state index in [0.29, 0.717) is 17.7 Å². The number of benzene rings is 1. The summed E-state index contributed by atoms with van der Waals surface area (Å²) in [6, 6.07) is 7.41. The molecule has 0 aliphatic carbocycles. The summed E-state index contributed by atoms with van der Waals surface area (Å²) in [6.45, 7) is 2.70. The second kappa shape index (κ2) is 3.13. The highest BCUT2D eigenvalue weighted by molar-refractivity contribution is 5.79. The van der Waals surface area contributed by atoms with Gasteiger partial charge in [-0.2, -0.15) is 0 Å². The maximum Gasteiger partial charge on any atom is 0.284 e. The van der Waals surface area contributed by atoms with Gasteiger partial charge >= 0.3 is 0 Å². The van der Waals surface area contributed by atoms with Crippen molar-refractivity contribution in [1.29, 1.82) is 0 Å². The van der Waals surface area contributed by atoms with E-state index >= 15 is 0 Å². The van der Waals surface area contributed by atoms with E-state index in [9.17, 15) is 4.79 Å². The molecule has 0 aliphatic heterocycles. The minimum atomic E-state index is -0.180. The van der Waals surface area contributed by atoms with Crippen LogP contribution in [0.4, 0.5) is 0 Å². The van der Waals surface area contributed by atoms with Gasteiger partial charge in [0.15, 0.2) is 0 Å². The van der Waals surface area contributed by atoms with Gasteiger partial charge in [-0.25, -0.2) is 0 Å². The van der Waals surface area contributed by atoms with Crippen LogP contribution >= 0.6 is 0 Å². The summed E-state index contributed by atoms with van der Waals surface area (Å²) in [6.07, 6.45) is 0. The molecule has 0 N–H and O–H groups in total. The van der Waals surface area contributed by atoms with E-state index in [0.717, 1.165) is 5.52 Å². The molecule has 2 heterocycles. The van der Waals surface area contributed by atoms with Gasteiger partial charge in [0, 0.05) is 6.54 Å². The zero-order valence-electron chi connectivity index (χ0n) is 8.66. The molecule has 0 radical (unpaired) electrons. The lowest BCUT2D eigenvalue weighted by Crippen LogP contribution is -2.19. The van der Waals surface area contributed by atoms with Crippen molar-refractivity contribution in [2.45, 2.75) is 13.5 Å². The van der Waals surface area contributed by atoms with E-state index in [-0.39, 0.29) is 5.56 Å². The molecule has 0 aliphatic rings. The van der Waals surface area contributed by atoms with Gasteiger partial charge in [0.05, 0.1) is 10.9 Å². The van der Waals surface area contributed by atoms with Crippen molar-refractivity contribution in [3.63, 3.8) is 0 Å². The van der Waals surface area contributed by atoms with Gasteiger partial charge in [0.1, 0.15) is 0 Å². The van der Waals surface area contributed by atoms with Gasteiger partial charge in [-0.05, 0) is 29.5 Å². The average molecular weight is 215 g/mol. The number of tetrazole rings is 1. The number of para-hydroxylation sites is 1. The van der Waals surface area contributed by atoms with Crippen LogP contribution in [0.1, 0.15) is 6.92 Å². The van der Waals surface area contributed by atoms with Crippen molar-refractivity contribution in [2.24, 2.45) is 0 Å². The minimum absolute atomic E-state index is 0.180. The zero-order valence-corrected chi connectivity index (χ0v) is 8.66. The van der Waals surface area contributed by atoms with Crippen LogP contribution < -0.4 is 5.56 Å². The lowest BCUT2D eigenvalue weighted by molar-refractivity contribution is 0.757. The average Bonchev–Trinajstić information content (AvgIpc) is 2.79. The van der Waals surface area contributed by atoms with Gasteiger partial charge in [0.25, 0.3) is 11.3 Å². The highest BCUT2D eigenvalue weighted by Crippen LogP contribution is 2.11. The molecule has 0 bridgehead atoms. The van der Waals surface area contributed by atoms with Crippen LogP contribution in [0.2, 0.25) is 0 Å². The third-order valence-corrected chi connectivity index (χ3v) is 2.63. The normalized spacial score (nSPS) is 11.3. The van der Waals surface area contributed by atoms with Crippen molar-refractivity contribution in [1.82, 2.24) is 24.6 Å². The minimum Gasteiger partial charge on any atom is -0.308 e. The van der Waals surface area contributed by atoms with Crippen molar-refractivity contribution in [2.75, 3.05) is 0 Å². The Morgan fingerprint density at radius 1 is 1.31 bits per heavy atom. The first kappa shape index (κ1) is 9.02. The molecule has 0 saturated heterocycles. The Labute approximate surface area is 90.1 Å². The Morgan fingerprint density at radius 2 is 2.12 bits per heavy atom. The van der Waals surface area contributed by atoms with Gasteiger partial charge in [0.2, 0.25) is 0 Å². The van der Waals surface area contributed by atoms with Crippen molar-refractivity contribution >= 4 is 16.7 Å². The molecule has 6 nitrogen and oxygen atoms in total. The topological polar surface area (TPSA) is 65.1 Å². The first-order valence-corrected chi connectivity index (χ1v) is 5.02. The molecular weight excluding hydrogens is 206 g/mol. The van der Waals surface area contributed by atoms with Gasteiger partial charge in [-0.1, -0.05) is 17.2 Å². The SMILES string of the molecule is CCn1c2ccccc2c(=O)n2nnnc12. The fourth-order valence-electron chi connectivity index (χ4n) is 1.91. The quantitative estimate of drug-likeness (QED) is 0.591. The standard InChI is InChI=1S/C10H9N5O/c1-2-14-8-6-4-3-5-7(8)9(16)15-10(14)11-12-13-15/h3-6H,2H2,1H3. The van der Waals surface area contributed by atoms with Crippen molar-refractivity contribution < 1.29 is 0 Å². The second-order valence-corrected chi connectivity index (χ2v) is 3.46. The molecule has 3 rings (SSSR count). The first-order valence-electron chi connectivity index (χ1n) is 5.02. The lowest BCUT2D eigenvalue weighted by Gasteiger charge is -2.07. The fraction of sp³-hybridized carbons (Fsp3) is 0.200. The number of fused-ring (bicyclic) bond motifs is 2. The van der Waals surface area contributed by atoms with E-state index in [4.69, 9.17) is 0 Å². The molecule has 3 aromatic rings. The lowest BCUT2D eigenvalue weighted by atomic mass is 10.2. The summed E-state index contributed by atoms with van der Waals surface area (Å²) >= 11 is 0. The maximum absolute atomic E-state index is 12.0. The van der Waals surface area contributed by atoms with E-state index in [2.05, 4.69) is 15.5 Å². The molecule has 0 spiro atoms. The van der Waals surface area contributed by atoms with Gasteiger partial charge in [-0.3, -0.25) is 4.79 Å². The van der Waals surface area contributed by atoms with E-state index < -0.39 is 0 Å². The molecule has 0 saturated carbocycles. The van der Waals surface area contributed by atoms with Crippen molar-refractivity contribution in [3.05, 3.63) is 34.6 Å². The number of aryl methyl sites for hydroxylation is 1. The highest BCUT2D eigenvalue weighted by Gasteiger charge is 2.10. The van der Waals surface area contributed by atoms with Crippen LogP contribution in [0.15, 0.2) is 29.1 Å². The van der Waals surface area contributed by atoms with Crippen LogP contribution in [0.25, 0.3) is 16.7 Å². The monoisotopic (exact) mass is 215 g/mol. The summed E-state index contributed by atoms with van der Waals surface area (Å²) in [5, 5.41) is 11.7. The number of aromatic nitrogens is 5. The van der Waals surface area contributed by atoms with Gasteiger partial charge in [-0.15, -0.1) is 4.52 Å². The van der Waals surface area contributed by atoms with E-state index in [1.165, 1.54) is 4.52 Å². The van der Waals surface area contributed by atoms with Crippen LogP contribution in [-0.4, -0.2) is 24.6 Å². The molecule has 16 heavy (non-hydrogen) atoms. The molecule has 80 valence electrons. The number of nitrogens with zero attached hydrogens (tertiary/aromatic N) is 5. The fourth-order valence-corrected chi connectivity index (χ4v) is 1.91. The van der Waals surface area contributed by atoms with E-state index in [1.807, 2.05) is 29.7 Å². The zero-order chi connectivity index (χ0) is 11.1. The van der Waals surface area contributed by atoms with Gasteiger partial charge < -0.3 is 4.57 Å². The predicted molar refractivity (Wildman–Crippen MR) is 58.2 cm³/mol. The van der Waals surface area contributed by atoms with Crippen LogP contribution in [-0.2, 0) is 6.54 Å². The Bertz CT molecular complexity index is 727. The summed E-state index contributed by atoms with van der Waals surface area (Å²) in [5.74, 6) is 0.478. The van der Waals surface area contributed by atoms with Crippen LogP contribution in [0, 0.1) is 0 Å². The summed E-state index contributed by atoms with van der Waals surface area (Å²) in [7, 11) is 0. The molecule has 0 amide bonds. The van der Waals surface area contributed by atoms with Crippen LogP contribution in [0.5, 0.6) is 0 Å². The molecule has 2 aromatic heterocycles. The Morgan fingerprint density at radius 3 is 2.94 bits per heavy atom. The predicted octanol–water partition coefficient (Wildman–Crippen LogP) is 0.459. The molecule has 0 unspecified atom stereocenters. The summed E-state index contributed by atoms with van der Waals surface area (Å²) in [4.78, 5) is 12.0. The third-order valence-electron chi connectivity index (χ3n) is 2.63. The Balaban J connectivity index is 2.69. The van der Waals surface area contributed by atoms with Crippen LogP contribution in [0.3, 0.4) is 0 Å². The largest absolute Gasteiger partial charge is 0.308 e. The molecule has 0 atom stereocenters. The third kappa shape index (κ3) is 1.01. The van der Waals surface area contributed by atoms with E-state index in [1.54, 1.807) is 6.07 Å². The molecular formula is C10H9N5O. The second-order valence-electron chi connectivity index (χ2n) is 3.46. The first-order chi connectivity index (χ1) is 7.83. The smallest absolute Gasteiger partial charge is 0.284 e. The number of rotatable bonds is 1. The Hall–Kier alpha value is -2.24. The summed E-state index contributed by atoms with van der Waals surface area (Å²) < 4.78 is 3.14. The highest BCUT2D eigenvalue weighted by atomic mass is 16.1. The molecule has 0 fully saturated rings. The maximum atomic E-state index is 12.0. The number of hydrogen-bond donors (Lipinski definition) is 0. The van der Waals surface area contributed by atoms with Crippen molar-refractivity contribution in [3.8, 4) is 0 Å². The number of hydrogen-bond acceptors (Lipinski definition) is 4. The molecule has 6 heteroatoms. The Kier molecular flexibility index (Phi) is 1.76. The summed E-state index contributed by atoms with van der Waals surface area (Å²) in [5.41, 5.74) is 0.678. The molecule has 1 aromatic carbocycles.